The van der Waals surface area contributed by atoms with Crippen molar-refractivity contribution in [3.63, 3.8) is 0 Å². The van der Waals surface area contributed by atoms with E-state index in [4.69, 9.17) is 4.74 Å². The summed E-state index contributed by atoms with van der Waals surface area (Å²) in [6, 6.07) is 2.31. The minimum absolute atomic E-state index is 0.0676. The van der Waals surface area contributed by atoms with Gasteiger partial charge < -0.3 is 4.74 Å². The van der Waals surface area contributed by atoms with Crippen LogP contribution in [0.4, 0.5) is 0 Å². The molecule has 4 nitrogen and oxygen atoms in total. The molecule has 0 aromatic carbocycles. The highest BCUT2D eigenvalue weighted by Gasteiger charge is 2.82. The minimum Gasteiger partial charge on any atom is -0.465 e. The number of carbonyl (C=O) groups is 2. The predicted octanol–water partition coefficient (Wildman–Crippen LogP) is 6.91. The Labute approximate surface area is 217 Å². The van der Waals surface area contributed by atoms with Gasteiger partial charge in [0.05, 0.1) is 18.6 Å². The van der Waals surface area contributed by atoms with Crippen molar-refractivity contribution in [1.82, 2.24) is 0 Å². The SMILES string of the molecule is CCOC(=O)C1(C#N)[C@H]2[C@@H]1C(=O)C=C1C=C[C@H]3[C@@H]4CC[C@H]([C@H](C)CCCC(C)C)[C@@]4(C)CC[C@@H]3[C@]12C. The number of allylic oxidation sites excluding steroid dienone is 4. The number of esters is 1. The van der Waals surface area contributed by atoms with Crippen LogP contribution in [0, 0.1) is 74.9 Å². The first kappa shape index (κ1) is 25.7. The molecule has 0 aliphatic heterocycles. The number of nitriles is 1. The summed E-state index contributed by atoms with van der Waals surface area (Å²) in [5.41, 5.74) is -0.263. The second kappa shape index (κ2) is 8.85. The van der Waals surface area contributed by atoms with E-state index in [1.807, 2.05) is 0 Å². The Balaban J connectivity index is 1.43. The van der Waals surface area contributed by atoms with Crippen molar-refractivity contribution in [1.29, 1.82) is 5.26 Å². The molecule has 4 heteroatoms. The van der Waals surface area contributed by atoms with Crippen molar-refractivity contribution in [2.75, 3.05) is 6.61 Å². The maximum atomic E-state index is 13.1. The van der Waals surface area contributed by atoms with Crippen LogP contribution in [0.1, 0.15) is 86.5 Å². The van der Waals surface area contributed by atoms with E-state index in [2.05, 4.69) is 52.8 Å². The van der Waals surface area contributed by atoms with Crippen LogP contribution in [0.25, 0.3) is 0 Å². The van der Waals surface area contributed by atoms with Crippen LogP contribution in [-0.2, 0) is 14.3 Å². The molecule has 0 aromatic rings. The molecule has 3 fully saturated rings. The van der Waals surface area contributed by atoms with Crippen LogP contribution >= 0.6 is 0 Å². The van der Waals surface area contributed by atoms with Crippen molar-refractivity contribution in [3.05, 3.63) is 23.8 Å². The third-order valence-electron chi connectivity index (χ3n) is 11.7. The molecule has 0 spiro atoms. The molecule has 0 saturated heterocycles. The summed E-state index contributed by atoms with van der Waals surface area (Å²) in [4.78, 5) is 26.2. The van der Waals surface area contributed by atoms with Gasteiger partial charge in [-0.2, -0.15) is 5.26 Å². The van der Waals surface area contributed by atoms with Crippen LogP contribution in [0.5, 0.6) is 0 Å². The van der Waals surface area contributed by atoms with Crippen molar-refractivity contribution < 1.29 is 14.3 Å². The third-order valence-corrected chi connectivity index (χ3v) is 11.7. The Bertz CT molecular complexity index is 1030. The standard InChI is InChI=1S/C32H45NO3/c1-7-36-29(35)32(18-33)27-26(34)17-21-11-12-22-24-14-13-23(20(4)10-8-9-19(2)3)30(24,5)16-15-25(22)31(21,6)28(27)32/h11-12,17,19-20,22-25,27-28H,7-10,13-16H2,1-6H3/t20-,22+,23-,24+,25+,27+,28+,30-,31+,32?/m1/s1. The van der Waals surface area contributed by atoms with E-state index in [1.54, 1.807) is 13.0 Å². The fourth-order valence-electron chi connectivity index (χ4n) is 9.94. The highest BCUT2D eigenvalue weighted by atomic mass is 16.5. The van der Waals surface area contributed by atoms with Gasteiger partial charge in [0.1, 0.15) is 0 Å². The summed E-state index contributed by atoms with van der Waals surface area (Å²) in [7, 11) is 0. The van der Waals surface area contributed by atoms with E-state index in [0.717, 1.165) is 29.7 Å². The van der Waals surface area contributed by atoms with Crippen molar-refractivity contribution in [2.24, 2.45) is 63.6 Å². The number of ether oxygens (including phenoxy) is 1. The van der Waals surface area contributed by atoms with Gasteiger partial charge in [-0.3, -0.25) is 9.59 Å². The zero-order chi connectivity index (χ0) is 26.0. The van der Waals surface area contributed by atoms with Crippen LogP contribution in [-0.4, -0.2) is 18.4 Å². The Morgan fingerprint density at radius 3 is 2.58 bits per heavy atom. The largest absolute Gasteiger partial charge is 0.465 e. The average molecular weight is 492 g/mol. The van der Waals surface area contributed by atoms with Crippen LogP contribution in [0.15, 0.2) is 23.8 Å². The molecule has 0 amide bonds. The van der Waals surface area contributed by atoms with E-state index in [1.165, 1.54) is 38.5 Å². The molecule has 10 atom stereocenters. The minimum atomic E-state index is -1.32. The molecule has 3 saturated carbocycles. The average Bonchev–Trinajstić information content (AvgIpc) is 3.42. The quantitative estimate of drug-likeness (QED) is 0.363. The predicted molar refractivity (Wildman–Crippen MR) is 140 cm³/mol. The van der Waals surface area contributed by atoms with E-state index >= 15 is 0 Å². The number of nitrogens with zero attached hydrogens (tertiary/aromatic N) is 1. The molecule has 1 unspecified atom stereocenters. The normalized spacial score (nSPS) is 45.1. The lowest BCUT2D eigenvalue weighted by Gasteiger charge is -2.56. The fourth-order valence-corrected chi connectivity index (χ4v) is 9.94. The molecule has 0 bridgehead atoms. The number of carbonyl (C=O) groups excluding carboxylic acids is 2. The number of hydrogen-bond donors (Lipinski definition) is 0. The zero-order valence-corrected chi connectivity index (χ0v) is 23.2. The van der Waals surface area contributed by atoms with E-state index < -0.39 is 17.3 Å². The number of fused-ring (bicyclic) bond motifs is 7. The molecule has 0 aromatic heterocycles. The van der Waals surface area contributed by atoms with E-state index in [0.29, 0.717) is 23.2 Å². The van der Waals surface area contributed by atoms with Gasteiger partial charge in [0, 0.05) is 11.3 Å². The molecule has 0 heterocycles. The monoisotopic (exact) mass is 491 g/mol. The second-order valence-electron chi connectivity index (χ2n) is 13.6. The van der Waals surface area contributed by atoms with Crippen LogP contribution in [0.2, 0.25) is 0 Å². The molecule has 36 heavy (non-hydrogen) atoms. The molecule has 5 rings (SSSR count). The second-order valence-corrected chi connectivity index (χ2v) is 13.6. The van der Waals surface area contributed by atoms with Gasteiger partial charge >= 0.3 is 5.97 Å². The summed E-state index contributed by atoms with van der Waals surface area (Å²) in [6.07, 6.45) is 15.2. The topological polar surface area (TPSA) is 67.2 Å². The molecule has 0 N–H and O–H groups in total. The van der Waals surface area contributed by atoms with Gasteiger partial charge in [0.2, 0.25) is 0 Å². The highest BCUT2D eigenvalue weighted by molar-refractivity contribution is 6.05. The van der Waals surface area contributed by atoms with Crippen LogP contribution in [0.3, 0.4) is 0 Å². The van der Waals surface area contributed by atoms with Gasteiger partial charge in [-0.25, -0.2) is 0 Å². The molecule has 196 valence electrons. The summed E-state index contributed by atoms with van der Waals surface area (Å²) in [5, 5.41) is 10.3. The van der Waals surface area contributed by atoms with Gasteiger partial charge in [-0.05, 0) is 85.2 Å². The first-order valence-corrected chi connectivity index (χ1v) is 14.6. The number of ketones is 1. The van der Waals surface area contributed by atoms with Gasteiger partial charge in [-0.1, -0.05) is 66.0 Å². The van der Waals surface area contributed by atoms with Crippen molar-refractivity contribution in [2.45, 2.75) is 86.5 Å². The smallest absolute Gasteiger partial charge is 0.327 e. The summed E-state index contributed by atoms with van der Waals surface area (Å²) >= 11 is 0. The Morgan fingerprint density at radius 1 is 1.17 bits per heavy atom. The summed E-state index contributed by atoms with van der Waals surface area (Å²) in [6.45, 7) is 14.0. The Hall–Kier alpha value is -1.89. The lowest BCUT2D eigenvalue weighted by Crippen LogP contribution is -2.50. The van der Waals surface area contributed by atoms with Gasteiger partial charge in [0.25, 0.3) is 0 Å². The molecule has 5 aliphatic carbocycles. The maximum absolute atomic E-state index is 13.1. The number of rotatable bonds is 7. The summed E-state index contributed by atoms with van der Waals surface area (Å²) < 4.78 is 5.38. The summed E-state index contributed by atoms with van der Waals surface area (Å²) in [5.74, 6) is 2.38. The first-order valence-electron chi connectivity index (χ1n) is 14.6. The Kier molecular flexibility index (Phi) is 6.33. The molecule has 5 aliphatic rings. The first-order chi connectivity index (χ1) is 17.1. The third kappa shape index (κ3) is 3.36. The molecule has 0 radical (unpaired) electrons. The lowest BCUT2D eigenvalue weighted by atomic mass is 9.47. The van der Waals surface area contributed by atoms with Gasteiger partial charge in [-0.15, -0.1) is 0 Å². The molecular weight excluding hydrogens is 446 g/mol. The zero-order valence-electron chi connectivity index (χ0n) is 23.2. The maximum Gasteiger partial charge on any atom is 0.327 e. The van der Waals surface area contributed by atoms with E-state index in [-0.39, 0.29) is 23.7 Å². The van der Waals surface area contributed by atoms with Crippen molar-refractivity contribution >= 4 is 11.8 Å². The lowest BCUT2D eigenvalue weighted by molar-refractivity contribution is -0.149. The van der Waals surface area contributed by atoms with Gasteiger partial charge in [0.15, 0.2) is 11.2 Å². The fraction of sp³-hybridized carbons (Fsp3) is 0.781. The van der Waals surface area contributed by atoms with Crippen LogP contribution < -0.4 is 0 Å². The molecular formula is C32H45NO3. The highest BCUT2D eigenvalue weighted by Crippen LogP contribution is 2.76. The number of hydrogen-bond acceptors (Lipinski definition) is 4. The van der Waals surface area contributed by atoms with Crippen molar-refractivity contribution in [3.8, 4) is 6.07 Å². The van der Waals surface area contributed by atoms with E-state index in [9.17, 15) is 14.9 Å². The Morgan fingerprint density at radius 2 is 1.92 bits per heavy atom.